The van der Waals surface area contributed by atoms with E-state index in [2.05, 4.69) is 41.8 Å². The van der Waals surface area contributed by atoms with Gasteiger partial charge >= 0.3 is 6.36 Å². The van der Waals surface area contributed by atoms with Gasteiger partial charge in [-0.2, -0.15) is 9.97 Å². The third-order valence-corrected chi connectivity index (χ3v) is 8.10. The van der Waals surface area contributed by atoms with Crippen LogP contribution in [-0.4, -0.2) is 73.6 Å². The Bertz CT molecular complexity index is 1580. The number of halogens is 4. The van der Waals surface area contributed by atoms with Gasteiger partial charge in [0, 0.05) is 31.8 Å². The number of aromatic nitrogens is 5. The number of hydrazine groups is 1. The number of nitrogens with zero attached hydrogens (tertiary/aromatic N) is 7. The first kappa shape index (κ1) is 30.0. The molecule has 2 fully saturated rings. The molecule has 1 unspecified atom stereocenters. The van der Waals surface area contributed by atoms with Gasteiger partial charge in [-0.15, -0.1) is 13.2 Å². The molecule has 0 radical (unpaired) electrons. The summed E-state index contributed by atoms with van der Waals surface area (Å²) in [5.41, 5.74) is 5.13. The summed E-state index contributed by atoms with van der Waals surface area (Å²) < 4.78 is 64.0. The Labute approximate surface area is 251 Å². The second kappa shape index (κ2) is 12.1. The van der Waals surface area contributed by atoms with Crippen LogP contribution in [0.3, 0.4) is 0 Å². The summed E-state index contributed by atoms with van der Waals surface area (Å²) in [5, 5.41) is 0. The maximum atomic E-state index is 13.9. The number of benzene rings is 1. The molecule has 0 aliphatic carbocycles. The largest absolute Gasteiger partial charge is 0.573 e. The van der Waals surface area contributed by atoms with Gasteiger partial charge in [-0.3, -0.25) is 15.3 Å². The van der Waals surface area contributed by atoms with E-state index < -0.39 is 24.0 Å². The van der Waals surface area contributed by atoms with E-state index in [-0.39, 0.29) is 24.1 Å². The Morgan fingerprint density at radius 3 is 2.52 bits per heavy atom. The lowest BCUT2D eigenvalue weighted by molar-refractivity contribution is -0.274. The lowest BCUT2D eigenvalue weighted by Gasteiger charge is -2.47. The maximum absolute atomic E-state index is 13.9. The molecule has 44 heavy (non-hydrogen) atoms. The van der Waals surface area contributed by atoms with Crippen molar-refractivity contribution in [1.82, 2.24) is 29.4 Å². The van der Waals surface area contributed by atoms with Crippen molar-refractivity contribution in [2.24, 2.45) is 5.84 Å². The third kappa shape index (κ3) is 6.25. The fourth-order valence-electron chi connectivity index (χ4n) is 6.07. The molecule has 0 spiro atoms. The first-order chi connectivity index (χ1) is 21.1. The molecule has 234 valence electrons. The second-order valence-electron chi connectivity index (χ2n) is 11.2. The second-order valence-corrected chi connectivity index (χ2v) is 11.2. The SMILES string of the molecule is C[C@@H]1CN(c2nc(NN)nc3c2ncn3C[C@@H]2CCCO2)[C@@H](C)CN1C(c1ccc(F)cc1)c1ccc(OC(F)(F)F)cn1. The van der Waals surface area contributed by atoms with Gasteiger partial charge in [0.05, 0.1) is 36.9 Å². The number of nitrogens with two attached hydrogens (primary N) is 1. The number of hydrogen-bond donors (Lipinski definition) is 2. The molecule has 11 nitrogen and oxygen atoms in total. The number of anilines is 2. The lowest BCUT2D eigenvalue weighted by Crippen LogP contribution is -2.57. The van der Waals surface area contributed by atoms with Gasteiger partial charge in [0.1, 0.15) is 11.6 Å². The number of imidazole rings is 1. The summed E-state index contributed by atoms with van der Waals surface area (Å²) in [5.74, 6) is 5.86. The summed E-state index contributed by atoms with van der Waals surface area (Å²) in [7, 11) is 0. The summed E-state index contributed by atoms with van der Waals surface area (Å²) in [6.45, 7) is 6.53. The van der Waals surface area contributed by atoms with E-state index in [1.54, 1.807) is 18.5 Å². The molecule has 3 aromatic heterocycles. The summed E-state index contributed by atoms with van der Waals surface area (Å²) in [6.07, 6.45) is 0.0535. The molecule has 2 aliphatic heterocycles. The van der Waals surface area contributed by atoms with E-state index in [1.807, 2.05) is 11.5 Å². The molecule has 1 aromatic carbocycles. The number of nitrogen functional groups attached to an aromatic ring is 1. The monoisotopic (exact) mass is 615 g/mol. The van der Waals surface area contributed by atoms with Crippen LogP contribution in [-0.2, 0) is 11.3 Å². The Kier molecular flexibility index (Phi) is 8.26. The molecule has 0 amide bonds. The minimum Gasteiger partial charge on any atom is -0.404 e. The fourth-order valence-corrected chi connectivity index (χ4v) is 6.07. The van der Waals surface area contributed by atoms with Crippen LogP contribution in [0.1, 0.15) is 44.0 Å². The van der Waals surface area contributed by atoms with Gasteiger partial charge in [0.15, 0.2) is 17.0 Å². The van der Waals surface area contributed by atoms with Crippen molar-refractivity contribution in [1.29, 1.82) is 0 Å². The molecule has 4 aromatic rings. The van der Waals surface area contributed by atoms with Gasteiger partial charge in [-0.05, 0) is 56.5 Å². The zero-order valence-corrected chi connectivity index (χ0v) is 24.2. The van der Waals surface area contributed by atoms with Crippen LogP contribution in [0.5, 0.6) is 5.75 Å². The topological polar surface area (TPSA) is 119 Å². The average molecular weight is 616 g/mol. The van der Waals surface area contributed by atoms with Crippen molar-refractivity contribution < 1.29 is 27.0 Å². The quantitative estimate of drug-likeness (QED) is 0.168. The van der Waals surface area contributed by atoms with Gasteiger partial charge in [0.2, 0.25) is 5.95 Å². The Morgan fingerprint density at radius 1 is 1.07 bits per heavy atom. The maximum Gasteiger partial charge on any atom is 0.573 e. The molecule has 2 aliphatic rings. The number of pyridine rings is 1. The van der Waals surface area contributed by atoms with Crippen molar-refractivity contribution in [2.75, 3.05) is 30.0 Å². The zero-order chi connectivity index (χ0) is 31.0. The van der Waals surface area contributed by atoms with Crippen LogP contribution in [0.15, 0.2) is 48.9 Å². The Morgan fingerprint density at radius 2 is 1.86 bits per heavy atom. The molecule has 6 rings (SSSR count). The molecule has 4 atom stereocenters. The lowest BCUT2D eigenvalue weighted by atomic mass is 9.96. The third-order valence-electron chi connectivity index (χ3n) is 8.10. The van der Waals surface area contributed by atoms with Crippen molar-refractivity contribution >= 4 is 22.9 Å². The standard InChI is InChI=1S/C29H33F4N9O2/c1-17-14-42(27-24-26(37-28(38-27)39-34)40(16-36-24)15-22-4-3-11-43-22)18(2)13-41(17)25(19-5-7-20(30)8-6-19)23-10-9-21(12-35-23)44-29(31,32)33/h5-10,12,16-18,22,25H,3-4,11,13-15,34H2,1-2H3,(H,37,38,39)/t17-,18+,22+,25?/m1/s1. The number of piperazine rings is 1. The highest BCUT2D eigenvalue weighted by Gasteiger charge is 2.38. The van der Waals surface area contributed by atoms with Crippen molar-refractivity contribution in [2.45, 2.75) is 63.8 Å². The van der Waals surface area contributed by atoms with E-state index in [0.717, 1.165) is 31.2 Å². The highest BCUT2D eigenvalue weighted by atomic mass is 19.4. The van der Waals surface area contributed by atoms with Gasteiger partial charge in [-0.25, -0.2) is 15.2 Å². The van der Waals surface area contributed by atoms with E-state index in [0.29, 0.717) is 42.3 Å². The molecule has 5 heterocycles. The van der Waals surface area contributed by atoms with E-state index in [1.165, 1.54) is 24.3 Å². The minimum atomic E-state index is -4.83. The number of nitrogens with one attached hydrogen (secondary N) is 1. The van der Waals surface area contributed by atoms with Crippen molar-refractivity contribution in [3.05, 3.63) is 66.0 Å². The van der Waals surface area contributed by atoms with Crippen LogP contribution >= 0.6 is 0 Å². The minimum absolute atomic E-state index is 0.0889. The Hall–Kier alpha value is -4.08. The molecule has 15 heteroatoms. The van der Waals surface area contributed by atoms with Crippen LogP contribution in [0.4, 0.5) is 29.3 Å². The number of hydrogen-bond acceptors (Lipinski definition) is 10. The highest BCUT2D eigenvalue weighted by molar-refractivity contribution is 5.85. The average Bonchev–Trinajstić information content (AvgIpc) is 3.66. The zero-order valence-electron chi connectivity index (χ0n) is 24.2. The first-order valence-corrected chi connectivity index (χ1v) is 14.4. The van der Waals surface area contributed by atoms with E-state index in [9.17, 15) is 17.6 Å². The Balaban J connectivity index is 1.31. The van der Waals surface area contributed by atoms with Crippen LogP contribution in [0.25, 0.3) is 11.2 Å². The molecule has 3 N–H and O–H groups in total. The molecular weight excluding hydrogens is 582 g/mol. The van der Waals surface area contributed by atoms with Crippen molar-refractivity contribution in [3.8, 4) is 5.75 Å². The molecule has 0 saturated carbocycles. The molecule has 2 saturated heterocycles. The predicted molar refractivity (Wildman–Crippen MR) is 154 cm³/mol. The molecular formula is C29H33F4N9O2. The number of rotatable bonds is 8. The van der Waals surface area contributed by atoms with Crippen molar-refractivity contribution in [3.63, 3.8) is 0 Å². The van der Waals surface area contributed by atoms with Gasteiger partial charge in [0.25, 0.3) is 0 Å². The summed E-state index contributed by atoms with van der Waals surface area (Å²) in [4.78, 5) is 22.7. The fraction of sp³-hybridized carbons (Fsp3) is 0.448. The smallest absolute Gasteiger partial charge is 0.404 e. The van der Waals surface area contributed by atoms with Gasteiger partial charge in [-0.1, -0.05) is 12.1 Å². The van der Waals surface area contributed by atoms with Gasteiger partial charge < -0.3 is 18.9 Å². The van der Waals surface area contributed by atoms with Crippen LogP contribution in [0.2, 0.25) is 0 Å². The van der Waals surface area contributed by atoms with E-state index >= 15 is 0 Å². The number of fused-ring (bicyclic) bond motifs is 1. The van der Waals surface area contributed by atoms with Crippen LogP contribution < -0.4 is 20.9 Å². The predicted octanol–water partition coefficient (Wildman–Crippen LogP) is 4.41. The normalized spacial score (nSPS) is 22.0. The number of alkyl halides is 3. The summed E-state index contributed by atoms with van der Waals surface area (Å²) >= 11 is 0. The van der Waals surface area contributed by atoms with E-state index in [4.69, 9.17) is 15.6 Å². The first-order valence-electron chi connectivity index (χ1n) is 14.4. The number of ether oxygens (including phenoxy) is 2. The summed E-state index contributed by atoms with van der Waals surface area (Å²) in [6, 6.07) is 8.15. The molecule has 0 bridgehead atoms. The highest BCUT2D eigenvalue weighted by Crippen LogP contribution is 2.36. The van der Waals surface area contributed by atoms with Crippen LogP contribution in [0, 0.1) is 5.82 Å².